The number of hydrogen-bond acceptors (Lipinski definition) is 4. The topological polar surface area (TPSA) is 50.1 Å². The molecule has 248 valence electrons. The van der Waals surface area contributed by atoms with Crippen LogP contribution in [0.1, 0.15) is 122 Å². The summed E-state index contributed by atoms with van der Waals surface area (Å²) in [6.07, 6.45) is 14.6. The zero-order valence-electron chi connectivity index (χ0n) is 28.7. The number of carbonyl (C=O) groups is 1. The Labute approximate surface area is 296 Å². The number of thiocyanates is 1. The number of fused-ring (bicyclic) bond motifs is 5. The van der Waals surface area contributed by atoms with Crippen molar-refractivity contribution in [3.05, 3.63) is 57.7 Å². The van der Waals surface area contributed by atoms with E-state index in [0.717, 1.165) is 54.1 Å². The first-order chi connectivity index (χ1) is 22.0. The first-order valence-electron chi connectivity index (χ1n) is 18.1. The van der Waals surface area contributed by atoms with Crippen LogP contribution < -0.4 is 0 Å². The average Bonchev–Trinajstić information content (AvgIpc) is 3.34. The first-order valence-corrected chi connectivity index (χ1v) is 20.0. The lowest BCUT2D eigenvalue weighted by molar-refractivity contribution is -0.127. The summed E-state index contributed by atoms with van der Waals surface area (Å²) in [5.41, 5.74) is 3.40. The zero-order chi connectivity index (χ0) is 32.7. The third-order valence-electron chi connectivity index (χ3n) is 13.8. The maximum absolute atomic E-state index is 13.4. The van der Waals surface area contributed by atoms with Gasteiger partial charge >= 0.3 is 5.97 Å². The number of rotatable bonds is 9. The van der Waals surface area contributed by atoms with Gasteiger partial charge in [0.15, 0.2) is 0 Å². The quantitative estimate of drug-likeness (QED) is 0.145. The minimum absolute atomic E-state index is 0.00999. The van der Waals surface area contributed by atoms with Gasteiger partial charge in [-0.25, -0.2) is 4.79 Å². The van der Waals surface area contributed by atoms with E-state index < -0.39 is 0 Å². The molecule has 3 nitrogen and oxygen atoms in total. The molecule has 0 amide bonds. The van der Waals surface area contributed by atoms with Gasteiger partial charge in [0.25, 0.3) is 0 Å². The molecule has 4 saturated carbocycles. The van der Waals surface area contributed by atoms with Crippen LogP contribution in [-0.2, 0) is 4.74 Å². The van der Waals surface area contributed by atoms with Crippen LogP contribution in [0.5, 0.6) is 0 Å². The molecule has 0 aliphatic heterocycles. The molecule has 6 rings (SSSR count). The molecule has 5 heteroatoms. The summed E-state index contributed by atoms with van der Waals surface area (Å²) in [6.45, 7) is 12.3. The minimum atomic E-state index is -0.178. The van der Waals surface area contributed by atoms with Crippen LogP contribution in [0.15, 0.2) is 48.5 Å². The van der Waals surface area contributed by atoms with Crippen LogP contribution in [0, 0.1) is 60.6 Å². The van der Waals surface area contributed by atoms with E-state index in [4.69, 9.17) is 4.74 Å². The van der Waals surface area contributed by atoms with Crippen molar-refractivity contribution in [2.75, 3.05) is 0 Å². The number of nitrogens with zero attached hydrogens (tertiary/aromatic N) is 1. The van der Waals surface area contributed by atoms with Crippen LogP contribution in [-0.4, -0.2) is 16.8 Å². The first kappa shape index (κ1) is 34.3. The summed E-state index contributed by atoms with van der Waals surface area (Å²) in [5, 5.41) is 12.7. The Bertz CT molecular complexity index is 1430. The summed E-state index contributed by atoms with van der Waals surface area (Å²) in [4.78, 5) is 13.4. The van der Waals surface area contributed by atoms with Crippen molar-refractivity contribution in [1.82, 2.24) is 0 Å². The maximum Gasteiger partial charge on any atom is 0.338 e. The molecule has 0 saturated heterocycles. The van der Waals surface area contributed by atoms with E-state index in [2.05, 4.69) is 92.9 Å². The molecule has 0 bridgehead atoms. The molecular formula is C41H54INO2S. The molecule has 46 heavy (non-hydrogen) atoms. The fraction of sp³-hybridized carbons (Fsp3) is 0.659. The number of esters is 1. The largest absolute Gasteiger partial charge is 0.459 e. The third-order valence-corrected chi connectivity index (χ3v) is 16.0. The predicted molar refractivity (Wildman–Crippen MR) is 199 cm³/mol. The smallest absolute Gasteiger partial charge is 0.338 e. The highest BCUT2D eigenvalue weighted by atomic mass is 127. The number of carbonyl (C=O) groups excluding carboxylic acids is 1. The Morgan fingerprint density at radius 3 is 2.46 bits per heavy atom. The molecule has 2 aromatic rings. The van der Waals surface area contributed by atoms with Gasteiger partial charge in [0.1, 0.15) is 11.5 Å². The molecule has 0 radical (unpaired) electrons. The lowest BCUT2D eigenvalue weighted by Crippen LogP contribution is -2.57. The predicted octanol–water partition coefficient (Wildman–Crippen LogP) is 11.9. The van der Waals surface area contributed by atoms with Gasteiger partial charge in [-0.2, -0.15) is 5.26 Å². The molecule has 0 aromatic heterocycles. The number of thioether (sulfide) groups is 1. The Kier molecular flexibility index (Phi) is 10.3. The normalized spacial score (nSPS) is 35.8. The Hall–Kier alpha value is -1.52. The molecular weight excluding hydrogens is 697 g/mol. The third kappa shape index (κ3) is 6.21. The molecule has 4 aliphatic rings. The van der Waals surface area contributed by atoms with E-state index in [-0.39, 0.29) is 22.2 Å². The summed E-state index contributed by atoms with van der Waals surface area (Å²) in [7, 11) is 0. The van der Waals surface area contributed by atoms with E-state index in [0.29, 0.717) is 22.8 Å². The minimum Gasteiger partial charge on any atom is -0.459 e. The highest BCUT2D eigenvalue weighted by Crippen LogP contribution is 2.72. The van der Waals surface area contributed by atoms with Gasteiger partial charge in [-0.05, 0) is 180 Å². The van der Waals surface area contributed by atoms with Gasteiger partial charge < -0.3 is 4.74 Å². The second-order valence-corrected chi connectivity index (χ2v) is 18.7. The monoisotopic (exact) mass is 751 g/mol. The van der Waals surface area contributed by atoms with Gasteiger partial charge in [-0.1, -0.05) is 71.7 Å². The zero-order valence-corrected chi connectivity index (χ0v) is 31.7. The van der Waals surface area contributed by atoms with Crippen LogP contribution in [0.4, 0.5) is 0 Å². The van der Waals surface area contributed by atoms with E-state index >= 15 is 0 Å². The van der Waals surface area contributed by atoms with E-state index in [1.807, 2.05) is 18.2 Å². The molecule has 0 spiro atoms. The molecule has 0 N–H and O–H groups in total. The second kappa shape index (κ2) is 13.8. The van der Waals surface area contributed by atoms with Crippen molar-refractivity contribution in [1.29, 1.82) is 5.26 Å². The summed E-state index contributed by atoms with van der Waals surface area (Å²) < 4.78 is 7.55. The van der Waals surface area contributed by atoms with Gasteiger partial charge in [0, 0.05) is 8.32 Å². The van der Waals surface area contributed by atoms with Crippen molar-refractivity contribution in [2.45, 2.75) is 123 Å². The van der Waals surface area contributed by atoms with Crippen LogP contribution >= 0.6 is 34.4 Å². The Morgan fingerprint density at radius 2 is 1.72 bits per heavy atom. The SMILES string of the molecule is CC(C)CCC[C@@H](C)[C@@]1(SC#N)CC[C@H]2[C@@H]3CC[C@H]4C[C@H](OC(=O)c5cccc(-c6ccc(I)cc6)c5)CC[C@]4(C)[C@H]3CC[C@@]21C. The highest BCUT2D eigenvalue weighted by Gasteiger charge is 2.66. The van der Waals surface area contributed by atoms with Crippen molar-refractivity contribution in [2.24, 2.45) is 46.3 Å². The lowest BCUT2D eigenvalue weighted by Gasteiger charge is -2.62. The number of nitriles is 1. The van der Waals surface area contributed by atoms with Gasteiger partial charge in [-0.15, -0.1) is 0 Å². The molecule has 0 heterocycles. The molecule has 0 unspecified atom stereocenters. The Morgan fingerprint density at radius 1 is 0.957 bits per heavy atom. The molecule has 4 aliphatic carbocycles. The Balaban J connectivity index is 1.12. The van der Waals surface area contributed by atoms with Crippen molar-refractivity contribution >= 4 is 40.3 Å². The summed E-state index contributed by atoms with van der Waals surface area (Å²) >= 11 is 3.98. The van der Waals surface area contributed by atoms with Crippen molar-refractivity contribution in [3.63, 3.8) is 0 Å². The van der Waals surface area contributed by atoms with Gasteiger partial charge in [0.05, 0.1) is 5.56 Å². The average molecular weight is 752 g/mol. The van der Waals surface area contributed by atoms with E-state index in [1.54, 1.807) is 11.8 Å². The van der Waals surface area contributed by atoms with Crippen molar-refractivity contribution < 1.29 is 9.53 Å². The molecule has 9 atom stereocenters. The van der Waals surface area contributed by atoms with E-state index in [9.17, 15) is 10.1 Å². The second-order valence-electron chi connectivity index (χ2n) is 16.3. The number of ether oxygens (including phenoxy) is 1. The standard InChI is InChI=1S/C41H54INO2S/c1-27(2)8-6-9-28(3)41(46-26-43)23-20-37-35-17-14-32-25-34(18-21-39(32,4)36(35)19-22-40(37,41)5)45-38(44)31-11-7-10-30(24-31)29-12-15-33(42)16-13-29/h7,10-13,15-16,24,27-28,32,34-37H,6,8-9,14,17-23,25H2,1-5H3/t28-,32+,34-,35-,36+,37+,39+,40+,41+/m1/s1. The van der Waals surface area contributed by atoms with Gasteiger partial charge in [0.2, 0.25) is 0 Å². The number of halogens is 1. The fourth-order valence-corrected chi connectivity index (χ4v) is 12.8. The van der Waals surface area contributed by atoms with Crippen LogP contribution in [0.3, 0.4) is 0 Å². The molecule has 2 aromatic carbocycles. The van der Waals surface area contributed by atoms with E-state index in [1.165, 1.54) is 61.4 Å². The fourth-order valence-electron chi connectivity index (χ4n) is 11.3. The highest BCUT2D eigenvalue weighted by molar-refractivity contribution is 14.1. The molecule has 4 fully saturated rings. The van der Waals surface area contributed by atoms with Crippen LogP contribution in [0.25, 0.3) is 11.1 Å². The number of hydrogen-bond donors (Lipinski definition) is 0. The lowest BCUT2D eigenvalue weighted by atomic mass is 9.44. The maximum atomic E-state index is 13.4. The summed E-state index contributed by atoms with van der Waals surface area (Å²) in [6, 6.07) is 16.4. The van der Waals surface area contributed by atoms with Gasteiger partial charge in [-0.3, -0.25) is 0 Å². The van der Waals surface area contributed by atoms with Crippen molar-refractivity contribution in [3.8, 4) is 16.5 Å². The summed E-state index contributed by atoms with van der Waals surface area (Å²) in [5.74, 6) is 4.03. The number of benzene rings is 2. The van der Waals surface area contributed by atoms with Crippen LogP contribution in [0.2, 0.25) is 0 Å².